The molecule has 0 spiro atoms. The van der Waals surface area contributed by atoms with Crippen LogP contribution in [0.3, 0.4) is 0 Å². The third-order valence-electron chi connectivity index (χ3n) is 4.72. The van der Waals surface area contributed by atoms with Crippen LogP contribution in [0.5, 0.6) is 0 Å². The molecule has 0 aromatic heterocycles. The Balaban J connectivity index is 1.72. The number of carbonyl (C=O) groups is 2. The third kappa shape index (κ3) is 3.63. The van der Waals surface area contributed by atoms with Gasteiger partial charge in [0.05, 0.1) is 6.54 Å². The second-order valence-corrected chi connectivity index (χ2v) is 6.44. The maximum Gasteiger partial charge on any atom is 0.149 e. The zero-order valence-corrected chi connectivity index (χ0v) is 12.2. The number of hydrogen-bond donors (Lipinski definition) is 1. The summed E-state index contributed by atoms with van der Waals surface area (Å²) in [5.41, 5.74) is 5.90. The van der Waals surface area contributed by atoms with Gasteiger partial charge < -0.3 is 5.73 Å². The molecule has 3 unspecified atom stereocenters. The SMILES string of the molecule is CCC(=O)CC1(N)CC1CC(C)C(=O)CN1CCC1. The van der Waals surface area contributed by atoms with Gasteiger partial charge in [0, 0.05) is 24.3 Å². The van der Waals surface area contributed by atoms with Crippen molar-refractivity contribution in [3.8, 4) is 0 Å². The summed E-state index contributed by atoms with van der Waals surface area (Å²) < 4.78 is 0. The number of nitrogens with two attached hydrogens (primary N) is 1. The highest BCUT2D eigenvalue weighted by atomic mass is 16.1. The first-order valence-electron chi connectivity index (χ1n) is 7.50. The molecule has 1 saturated heterocycles. The van der Waals surface area contributed by atoms with Gasteiger partial charge in [-0.15, -0.1) is 0 Å². The summed E-state index contributed by atoms with van der Waals surface area (Å²) >= 11 is 0. The average molecular weight is 266 g/mol. The monoisotopic (exact) mass is 266 g/mol. The molecule has 108 valence electrons. The van der Waals surface area contributed by atoms with E-state index in [4.69, 9.17) is 5.73 Å². The van der Waals surface area contributed by atoms with Crippen LogP contribution in [0.2, 0.25) is 0 Å². The number of hydrogen-bond acceptors (Lipinski definition) is 4. The van der Waals surface area contributed by atoms with Crippen LogP contribution in [0.4, 0.5) is 0 Å². The average Bonchev–Trinajstić information content (AvgIpc) is 2.93. The number of nitrogens with zero attached hydrogens (tertiary/aromatic N) is 1. The maximum atomic E-state index is 12.0. The summed E-state index contributed by atoms with van der Waals surface area (Å²) in [6.07, 6.45) is 4.02. The standard InChI is InChI=1S/C15H26N2O2/c1-3-13(18)9-15(16)8-12(15)7-11(2)14(19)10-17-5-4-6-17/h11-12H,3-10,16H2,1-2H3. The van der Waals surface area contributed by atoms with Crippen LogP contribution in [0.1, 0.15) is 46.0 Å². The van der Waals surface area contributed by atoms with Crippen LogP contribution >= 0.6 is 0 Å². The predicted octanol–water partition coefficient (Wildman–Crippen LogP) is 1.37. The Kier molecular flexibility index (Phi) is 4.41. The topological polar surface area (TPSA) is 63.4 Å². The summed E-state index contributed by atoms with van der Waals surface area (Å²) in [5, 5.41) is 0. The Bertz CT molecular complexity index is 365. The number of ketones is 2. The lowest BCUT2D eigenvalue weighted by molar-refractivity contribution is -0.124. The van der Waals surface area contributed by atoms with Gasteiger partial charge in [-0.2, -0.15) is 0 Å². The number of likely N-dealkylation sites (tertiary alicyclic amines) is 1. The van der Waals surface area contributed by atoms with Crippen molar-refractivity contribution in [2.75, 3.05) is 19.6 Å². The molecule has 2 N–H and O–H groups in total. The fourth-order valence-electron chi connectivity index (χ4n) is 2.90. The highest BCUT2D eigenvalue weighted by molar-refractivity contribution is 5.83. The highest BCUT2D eigenvalue weighted by Crippen LogP contribution is 2.48. The van der Waals surface area contributed by atoms with Crippen molar-refractivity contribution in [1.29, 1.82) is 0 Å². The number of carbonyl (C=O) groups excluding carboxylic acids is 2. The normalized spacial score (nSPS) is 31.6. The fraction of sp³-hybridized carbons (Fsp3) is 0.867. The van der Waals surface area contributed by atoms with Gasteiger partial charge in [0.25, 0.3) is 0 Å². The van der Waals surface area contributed by atoms with Crippen LogP contribution in [0.15, 0.2) is 0 Å². The minimum absolute atomic E-state index is 0.0766. The van der Waals surface area contributed by atoms with E-state index < -0.39 is 0 Å². The molecule has 1 aliphatic heterocycles. The van der Waals surface area contributed by atoms with Gasteiger partial charge in [-0.3, -0.25) is 14.5 Å². The summed E-state index contributed by atoms with van der Waals surface area (Å²) in [5.74, 6) is 1.01. The molecule has 0 bridgehead atoms. The molecule has 19 heavy (non-hydrogen) atoms. The second-order valence-electron chi connectivity index (χ2n) is 6.44. The molecule has 0 aromatic rings. The summed E-state index contributed by atoms with van der Waals surface area (Å²) in [6, 6.07) is 0. The Morgan fingerprint density at radius 1 is 1.42 bits per heavy atom. The van der Waals surface area contributed by atoms with Gasteiger partial charge in [-0.05, 0) is 38.3 Å². The maximum absolute atomic E-state index is 12.0. The predicted molar refractivity (Wildman–Crippen MR) is 74.8 cm³/mol. The van der Waals surface area contributed by atoms with Crippen molar-refractivity contribution in [2.45, 2.75) is 51.5 Å². The third-order valence-corrected chi connectivity index (χ3v) is 4.72. The largest absolute Gasteiger partial charge is 0.324 e. The number of rotatable bonds is 8. The Hall–Kier alpha value is -0.740. The van der Waals surface area contributed by atoms with E-state index in [1.165, 1.54) is 6.42 Å². The van der Waals surface area contributed by atoms with Crippen molar-refractivity contribution in [3.05, 3.63) is 0 Å². The molecule has 1 heterocycles. The van der Waals surface area contributed by atoms with Crippen molar-refractivity contribution in [3.63, 3.8) is 0 Å². The first-order chi connectivity index (χ1) is 8.94. The minimum atomic E-state index is -0.307. The van der Waals surface area contributed by atoms with Gasteiger partial charge in [0.1, 0.15) is 11.6 Å². The quantitative estimate of drug-likeness (QED) is 0.721. The van der Waals surface area contributed by atoms with E-state index in [1.807, 2.05) is 13.8 Å². The van der Waals surface area contributed by atoms with E-state index in [1.54, 1.807) is 0 Å². The first kappa shape index (κ1) is 14.7. The van der Waals surface area contributed by atoms with Crippen molar-refractivity contribution in [2.24, 2.45) is 17.6 Å². The first-order valence-corrected chi connectivity index (χ1v) is 7.50. The van der Waals surface area contributed by atoms with Crippen LogP contribution in [0, 0.1) is 11.8 Å². The van der Waals surface area contributed by atoms with Gasteiger partial charge in [-0.1, -0.05) is 13.8 Å². The zero-order valence-electron chi connectivity index (χ0n) is 12.2. The molecule has 1 saturated carbocycles. The molecule has 2 rings (SSSR count). The molecular formula is C15H26N2O2. The van der Waals surface area contributed by atoms with E-state index in [2.05, 4.69) is 4.90 Å². The lowest BCUT2D eigenvalue weighted by Crippen LogP contribution is -2.42. The van der Waals surface area contributed by atoms with Crippen molar-refractivity contribution < 1.29 is 9.59 Å². The van der Waals surface area contributed by atoms with Crippen LogP contribution in [0.25, 0.3) is 0 Å². The van der Waals surface area contributed by atoms with Crippen LogP contribution < -0.4 is 5.73 Å². The fourth-order valence-corrected chi connectivity index (χ4v) is 2.90. The van der Waals surface area contributed by atoms with Crippen LogP contribution in [-0.2, 0) is 9.59 Å². The lowest BCUT2D eigenvalue weighted by atomic mass is 9.95. The molecule has 0 aromatic carbocycles. The summed E-state index contributed by atoms with van der Waals surface area (Å²) in [6.45, 7) is 6.60. The molecular weight excluding hydrogens is 240 g/mol. The van der Waals surface area contributed by atoms with E-state index in [0.29, 0.717) is 31.1 Å². The molecule has 1 aliphatic carbocycles. The Morgan fingerprint density at radius 3 is 2.63 bits per heavy atom. The van der Waals surface area contributed by atoms with Gasteiger partial charge in [-0.25, -0.2) is 0 Å². The van der Waals surface area contributed by atoms with E-state index >= 15 is 0 Å². The van der Waals surface area contributed by atoms with Crippen LogP contribution in [-0.4, -0.2) is 41.6 Å². The lowest BCUT2D eigenvalue weighted by Gasteiger charge is -2.30. The Morgan fingerprint density at radius 2 is 2.11 bits per heavy atom. The Labute approximate surface area is 115 Å². The smallest absolute Gasteiger partial charge is 0.149 e. The zero-order chi connectivity index (χ0) is 14.0. The van der Waals surface area contributed by atoms with Crippen molar-refractivity contribution >= 4 is 11.6 Å². The number of Topliss-reactive ketones (excluding diaryl/α,β-unsaturated/α-hetero) is 2. The second kappa shape index (κ2) is 5.71. The van der Waals surface area contributed by atoms with E-state index in [-0.39, 0.29) is 17.2 Å². The van der Waals surface area contributed by atoms with Crippen molar-refractivity contribution in [1.82, 2.24) is 4.90 Å². The minimum Gasteiger partial charge on any atom is -0.324 e. The van der Waals surface area contributed by atoms with Gasteiger partial charge in [0.15, 0.2) is 0 Å². The van der Waals surface area contributed by atoms with E-state index in [0.717, 1.165) is 25.9 Å². The molecule has 3 atom stereocenters. The van der Waals surface area contributed by atoms with Gasteiger partial charge >= 0.3 is 0 Å². The molecule has 2 fully saturated rings. The highest BCUT2D eigenvalue weighted by Gasteiger charge is 2.52. The summed E-state index contributed by atoms with van der Waals surface area (Å²) in [4.78, 5) is 25.7. The van der Waals surface area contributed by atoms with Gasteiger partial charge in [0.2, 0.25) is 0 Å². The molecule has 4 nitrogen and oxygen atoms in total. The molecule has 0 radical (unpaired) electrons. The van der Waals surface area contributed by atoms with E-state index in [9.17, 15) is 9.59 Å². The molecule has 2 aliphatic rings. The summed E-state index contributed by atoms with van der Waals surface area (Å²) in [7, 11) is 0. The molecule has 0 amide bonds. The molecule has 4 heteroatoms.